The number of allylic oxidation sites excluding steroid dienone is 1. The standard InChI is InChI=1S/C34H35N3O6/c1-21(2)42-33(38)29-22(3)17-28(35)31(30(29)25-15-10-16-26(18-25)37(40)41)34(39)43-27-19-36(20-27)32(23-11-6-4-7-12-23)24-13-8-5-9-14-24/h4-16,18,21,27,30,32H,17,19-20,35H2,1-3H3. The molecule has 1 unspecified atom stereocenters. The highest BCUT2D eigenvalue weighted by atomic mass is 16.6. The molecule has 5 rings (SSSR count). The van der Waals surface area contributed by atoms with E-state index >= 15 is 0 Å². The van der Waals surface area contributed by atoms with Crippen LogP contribution in [0.2, 0.25) is 0 Å². The molecule has 3 aromatic rings. The number of esters is 2. The van der Waals surface area contributed by atoms with Crippen LogP contribution >= 0.6 is 0 Å². The van der Waals surface area contributed by atoms with Gasteiger partial charge < -0.3 is 15.2 Å². The molecule has 9 nitrogen and oxygen atoms in total. The van der Waals surface area contributed by atoms with Crippen molar-refractivity contribution in [3.8, 4) is 0 Å². The molecule has 3 aromatic carbocycles. The van der Waals surface area contributed by atoms with Gasteiger partial charge in [-0.1, -0.05) is 78.4 Å². The second-order valence-corrected chi connectivity index (χ2v) is 11.3. The highest BCUT2D eigenvalue weighted by Crippen LogP contribution is 2.43. The zero-order chi connectivity index (χ0) is 30.7. The van der Waals surface area contributed by atoms with Crippen molar-refractivity contribution < 1.29 is 24.0 Å². The molecule has 1 heterocycles. The average molecular weight is 582 g/mol. The van der Waals surface area contributed by atoms with E-state index in [0.29, 0.717) is 24.2 Å². The van der Waals surface area contributed by atoms with Gasteiger partial charge in [0.1, 0.15) is 6.10 Å². The van der Waals surface area contributed by atoms with Crippen molar-refractivity contribution >= 4 is 17.6 Å². The number of carbonyl (C=O) groups is 2. The first-order valence-electron chi connectivity index (χ1n) is 14.3. The van der Waals surface area contributed by atoms with Gasteiger partial charge in [-0.25, -0.2) is 9.59 Å². The molecule has 0 bridgehead atoms. The first-order chi connectivity index (χ1) is 20.6. The number of ether oxygens (including phenoxy) is 2. The molecule has 2 aliphatic rings. The Morgan fingerprint density at radius 1 is 0.907 bits per heavy atom. The summed E-state index contributed by atoms with van der Waals surface area (Å²) in [6, 6.07) is 26.2. The van der Waals surface area contributed by atoms with E-state index < -0.39 is 35.0 Å². The van der Waals surface area contributed by atoms with Crippen molar-refractivity contribution in [2.24, 2.45) is 5.73 Å². The van der Waals surface area contributed by atoms with Gasteiger partial charge in [0.2, 0.25) is 0 Å². The first kappa shape index (κ1) is 29.7. The summed E-state index contributed by atoms with van der Waals surface area (Å²) >= 11 is 0. The quantitative estimate of drug-likeness (QED) is 0.197. The van der Waals surface area contributed by atoms with Crippen molar-refractivity contribution in [3.63, 3.8) is 0 Å². The Bertz CT molecular complexity index is 1540. The van der Waals surface area contributed by atoms with Crippen LogP contribution in [0, 0.1) is 10.1 Å². The topological polar surface area (TPSA) is 125 Å². The van der Waals surface area contributed by atoms with Crippen LogP contribution in [0.15, 0.2) is 107 Å². The largest absolute Gasteiger partial charge is 0.460 e. The zero-order valence-electron chi connectivity index (χ0n) is 24.4. The van der Waals surface area contributed by atoms with Gasteiger partial charge in [0.25, 0.3) is 5.69 Å². The van der Waals surface area contributed by atoms with Gasteiger partial charge in [-0.3, -0.25) is 15.0 Å². The molecule has 1 aliphatic carbocycles. The molecular formula is C34H35N3O6. The summed E-state index contributed by atoms with van der Waals surface area (Å²) in [5.74, 6) is -2.20. The summed E-state index contributed by atoms with van der Waals surface area (Å²) in [6.07, 6.45) is -0.619. The lowest BCUT2D eigenvalue weighted by atomic mass is 9.76. The smallest absolute Gasteiger partial charge is 0.337 e. The number of nitro benzene ring substituents is 1. The second-order valence-electron chi connectivity index (χ2n) is 11.3. The average Bonchev–Trinajstić information content (AvgIpc) is 2.96. The van der Waals surface area contributed by atoms with E-state index in [2.05, 4.69) is 29.2 Å². The minimum Gasteiger partial charge on any atom is -0.460 e. The highest BCUT2D eigenvalue weighted by Gasteiger charge is 2.42. The third-order valence-corrected chi connectivity index (χ3v) is 7.78. The van der Waals surface area contributed by atoms with Gasteiger partial charge in [-0.2, -0.15) is 0 Å². The second kappa shape index (κ2) is 12.6. The molecule has 1 fully saturated rings. The van der Waals surface area contributed by atoms with Crippen molar-refractivity contribution in [2.75, 3.05) is 13.1 Å². The number of benzene rings is 3. The van der Waals surface area contributed by atoms with Crippen LogP contribution in [-0.4, -0.2) is 47.1 Å². The van der Waals surface area contributed by atoms with Crippen LogP contribution in [0.1, 0.15) is 55.8 Å². The van der Waals surface area contributed by atoms with Crippen molar-refractivity contribution in [2.45, 2.75) is 51.4 Å². The number of likely N-dealkylation sites (tertiary alicyclic amines) is 1. The van der Waals surface area contributed by atoms with E-state index in [4.69, 9.17) is 15.2 Å². The molecular weight excluding hydrogens is 546 g/mol. The van der Waals surface area contributed by atoms with E-state index in [1.165, 1.54) is 18.2 Å². The molecule has 0 saturated carbocycles. The summed E-state index contributed by atoms with van der Waals surface area (Å²) in [5.41, 5.74) is 10.2. The van der Waals surface area contributed by atoms with Gasteiger partial charge >= 0.3 is 11.9 Å². The van der Waals surface area contributed by atoms with Gasteiger partial charge in [-0.15, -0.1) is 0 Å². The maximum Gasteiger partial charge on any atom is 0.337 e. The Morgan fingerprint density at radius 2 is 1.51 bits per heavy atom. The molecule has 0 spiro atoms. The number of hydrogen-bond acceptors (Lipinski definition) is 8. The fourth-order valence-corrected chi connectivity index (χ4v) is 5.88. The number of nitrogens with zero attached hydrogens (tertiary/aromatic N) is 2. The van der Waals surface area contributed by atoms with E-state index in [1.54, 1.807) is 26.8 Å². The third kappa shape index (κ3) is 6.36. The molecule has 1 aliphatic heterocycles. The molecule has 43 heavy (non-hydrogen) atoms. The minimum atomic E-state index is -0.968. The normalized spacial score (nSPS) is 17.7. The number of rotatable bonds is 9. The Morgan fingerprint density at radius 3 is 2.07 bits per heavy atom. The number of nitro groups is 1. The van der Waals surface area contributed by atoms with E-state index in [-0.39, 0.29) is 35.0 Å². The zero-order valence-corrected chi connectivity index (χ0v) is 24.4. The molecule has 222 valence electrons. The van der Waals surface area contributed by atoms with Crippen LogP contribution in [-0.2, 0) is 19.1 Å². The fraction of sp³-hybridized carbons (Fsp3) is 0.294. The van der Waals surface area contributed by atoms with Gasteiger partial charge in [-0.05, 0) is 37.5 Å². The van der Waals surface area contributed by atoms with Gasteiger partial charge in [0.15, 0.2) is 0 Å². The van der Waals surface area contributed by atoms with Crippen LogP contribution in [0.3, 0.4) is 0 Å². The summed E-state index contributed by atoms with van der Waals surface area (Å²) < 4.78 is 11.5. The van der Waals surface area contributed by atoms with E-state index in [1.807, 2.05) is 36.4 Å². The summed E-state index contributed by atoms with van der Waals surface area (Å²) in [7, 11) is 0. The molecule has 1 atom stereocenters. The molecule has 0 amide bonds. The van der Waals surface area contributed by atoms with Gasteiger partial charge in [0.05, 0.1) is 28.6 Å². The van der Waals surface area contributed by atoms with Crippen molar-refractivity contribution in [3.05, 3.63) is 134 Å². The fourth-order valence-electron chi connectivity index (χ4n) is 5.88. The number of non-ortho nitro benzene ring substituents is 1. The van der Waals surface area contributed by atoms with Crippen LogP contribution in [0.4, 0.5) is 5.69 Å². The predicted octanol–water partition coefficient (Wildman–Crippen LogP) is 5.58. The summed E-state index contributed by atoms with van der Waals surface area (Å²) in [5, 5.41) is 11.6. The lowest BCUT2D eigenvalue weighted by Gasteiger charge is -2.44. The third-order valence-electron chi connectivity index (χ3n) is 7.78. The Labute approximate surface area is 250 Å². The monoisotopic (exact) mass is 581 g/mol. The SMILES string of the molecule is CC1=C(C(=O)OC(C)C)C(c2cccc([N+](=O)[O-])c2)C(C(=O)OC2CN(C(c3ccccc3)c3ccccc3)C2)=C(N)C1. The maximum absolute atomic E-state index is 13.8. The van der Waals surface area contributed by atoms with Crippen LogP contribution in [0.25, 0.3) is 0 Å². The molecule has 0 radical (unpaired) electrons. The van der Waals surface area contributed by atoms with E-state index in [9.17, 15) is 19.7 Å². The van der Waals surface area contributed by atoms with Gasteiger partial charge in [0, 0.05) is 42.9 Å². The van der Waals surface area contributed by atoms with Crippen molar-refractivity contribution in [1.29, 1.82) is 0 Å². The van der Waals surface area contributed by atoms with Crippen molar-refractivity contribution in [1.82, 2.24) is 4.90 Å². The molecule has 1 saturated heterocycles. The number of nitrogens with two attached hydrogens (primary N) is 1. The summed E-state index contributed by atoms with van der Waals surface area (Å²) in [4.78, 5) is 40.5. The summed E-state index contributed by atoms with van der Waals surface area (Å²) in [6.45, 7) is 6.24. The van der Waals surface area contributed by atoms with E-state index in [0.717, 1.165) is 11.1 Å². The molecule has 0 aromatic heterocycles. The Kier molecular flexibility index (Phi) is 8.73. The number of carbonyl (C=O) groups excluding carboxylic acids is 2. The first-order valence-corrected chi connectivity index (χ1v) is 14.3. The lowest BCUT2D eigenvalue weighted by Crippen LogP contribution is -2.54. The maximum atomic E-state index is 13.8. The Balaban J connectivity index is 1.41. The molecule has 2 N–H and O–H groups in total. The van der Waals surface area contributed by atoms with Crippen LogP contribution in [0.5, 0.6) is 0 Å². The van der Waals surface area contributed by atoms with Crippen LogP contribution < -0.4 is 5.73 Å². The predicted molar refractivity (Wildman–Crippen MR) is 162 cm³/mol. The minimum absolute atomic E-state index is 0.00285. The highest BCUT2D eigenvalue weighted by molar-refractivity contribution is 6.00. The lowest BCUT2D eigenvalue weighted by molar-refractivity contribution is -0.384. The Hall–Kier alpha value is -4.76. The number of hydrogen-bond donors (Lipinski definition) is 1. The molecule has 9 heteroatoms.